The normalized spacial score (nSPS) is 8.64. The highest BCUT2D eigenvalue weighted by Gasteiger charge is 2.13. The zero-order valence-electron chi connectivity index (χ0n) is 51.1. The Bertz CT molecular complexity index is 1980. The average molecular weight is 1200 g/mol. The third-order valence-electron chi connectivity index (χ3n) is 7.67. The number of allylic oxidation sites excluding steroid dienone is 2. The van der Waals surface area contributed by atoms with Gasteiger partial charge in [0.15, 0.2) is 0 Å². The van der Waals surface area contributed by atoms with Crippen LogP contribution in [0.3, 0.4) is 0 Å². The van der Waals surface area contributed by atoms with Gasteiger partial charge in [0.25, 0.3) is 0 Å². The van der Waals surface area contributed by atoms with Crippen molar-refractivity contribution in [2.75, 3.05) is 80.7 Å². The van der Waals surface area contributed by atoms with E-state index in [2.05, 4.69) is 67.6 Å². The monoisotopic (exact) mass is 1200 g/mol. The maximum atomic E-state index is 10.5. The number of aliphatic hydroxyl groups excluding tert-OH is 2. The number of nitrogens with one attached hydrogen (secondary N) is 8. The summed E-state index contributed by atoms with van der Waals surface area (Å²) >= 11 is 0. The number of carbonyl (C=O) groups is 10. The lowest BCUT2D eigenvalue weighted by molar-refractivity contribution is -0.127. The van der Waals surface area contributed by atoms with Crippen molar-refractivity contribution in [3.63, 3.8) is 0 Å². The van der Waals surface area contributed by atoms with Gasteiger partial charge in [-0.25, -0.2) is 0 Å². The number of hydrogen-bond acceptors (Lipinski definition) is 17. The Balaban J connectivity index is -0.0000000788. The topological polar surface area (TPSA) is 403 Å². The molecule has 2 aromatic rings. The van der Waals surface area contributed by atoms with Gasteiger partial charge in [0, 0.05) is 127 Å². The SMILES string of the molecule is C.C.C.C=C(C)N.C=C(C)N(C)C.CC(=O)CNC(C)=O.CC(=O)NC(CO)C(N)=O.CC(=O)NCC#N.CC(=O)NCCN(C)C.CC(=O)NCCO.CC(=O)NCc1ccccc1.CC(=O)NCc1ccncc1.CCCCNC(C)=O. The highest BCUT2D eigenvalue weighted by Crippen LogP contribution is 1.96. The summed E-state index contributed by atoms with van der Waals surface area (Å²) in [5.41, 5.74) is 13.7. The Morgan fingerprint density at radius 3 is 1.19 bits per heavy atom. The summed E-state index contributed by atoms with van der Waals surface area (Å²) in [5.74, 6) is -1.49. The van der Waals surface area contributed by atoms with Crippen LogP contribution < -0.4 is 54.0 Å². The first-order valence-electron chi connectivity index (χ1n) is 25.3. The maximum absolute atomic E-state index is 10.5. The minimum absolute atomic E-state index is 0. The number of likely N-dealkylation sites (N-methyl/N-ethyl adjacent to an activating group) is 1. The van der Waals surface area contributed by atoms with Gasteiger partial charge in [0.1, 0.15) is 18.4 Å². The molecule has 84 heavy (non-hydrogen) atoms. The number of amides is 9. The van der Waals surface area contributed by atoms with Gasteiger partial charge >= 0.3 is 0 Å². The molecule has 0 aliphatic rings. The third-order valence-corrected chi connectivity index (χ3v) is 7.67. The quantitative estimate of drug-likeness (QED) is 0.0710. The van der Waals surface area contributed by atoms with Gasteiger partial charge in [-0.3, -0.25) is 52.9 Å². The molecule has 0 saturated carbocycles. The summed E-state index contributed by atoms with van der Waals surface area (Å²) in [4.78, 5) is 110. The van der Waals surface area contributed by atoms with Gasteiger partial charge in [-0.05, 0) is 70.2 Å². The second-order valence-electron chi connectivity index (χ2n) is 17.0. The summed E-state index contributed by atoms with van der Waals surface area (Å²) in [6.45, 7) is 29.6. The molecule has 0 saturated heterocycles. The van der Waals surface area contributed by atoms with E-state index >= 15 is 0 Å². The fourth-order valence-electron chi connectivity index (χ4n) is 3.54. The number of nitrogens with zero attached hydrogens (tertiary/aromatic N) is 4. The third kappa shape index (κ3) is 126. The fourth-order valence-corrected chi connectivity index (χ4v) is 3.54. The minimum atomic E-state index is -0.961. The molecule has 14 N–H and O–H groups in total. The molecule has 1 aromatic carbocycles. The van der Waals surface area contributed by atoms with E-state index in [1.165, 1.54) is 62.3 Å². The number of aromatic nitrogens is 1. The van der Waals surface area contributed by atoms with Gasteiger partial charge in [-0.15, -0.1) is 0 Å². The predicted octanol–water partition coefficient (Wildman–Crippen LogP) is 2.56. The standard InChI is InChI=1S/C9H11NO.C8H10N2O.C6H14N2O.C6H13NO.C5H10N2O3.C5H9NO2.C5H11N.C4H6N2O.C4H9NO2.C3H7N.3CH4/c1-8(11)10-7-9-5-3-2-4-6-9;1-7(11)10-6-8-2-4-9-5-3-8;1-6(9)7-4-5-8(2)3;1-3-4-5-7-6(2)8;1-3(9)7-4(2-8)5(6)10;1-4(7)3-6-5(2)8;1-5(2)6(3)4;1-4(7)6-3-2-5;1-4(7)5-2-3-6;1-3(2)4;;;/h2-6H,7H2,1H3,(H,10,11);2-5H,6H2,1H3,(H,10,11);4-5H2,1-3H3,(H,7,9);3-5H2,1-2H3,(H,7,8);4,8H,2H2,1H3,(H2,6,10)(H,7,9);3H2,1-2H3,(H,6,8);1H2,2-4H3;3H2,1H3,(H,6,7);6H,2-3H2,1H3,(H,5,7);1,4H2,2H3;3*1H4. The molecule has 0 aliphatic carbocycles. The Kier molecular flexibility index (Phi) is 89.8. The van der Waals surface area contributed by atoms with Crippen LogP contribution in [0.4, 0.5) is 0 Å². The Morgan fingerprint density at radius 1 is 0.583 bits per heavy atom. The molecule has 0 bridgehead atoms. The highest BCUT2D eigenvalue weighted by molar-refractivity contribution is 5.85. The molecule has 26 heteroatoms. The second kappa shape index (κ2) is 74.7. The number of aliphatic hydroxyl groups is 2. The second-order valence-corrected chi connectivity index (χ2v) is 17.0. The molecule has 1 atom stereocenters. The van der Waals surface area contributed by atoms with Crippen LogP contribution in [-0.2, 0) is 61.0 Å². The van der Waals surface area contributed by atoms with Crippen LogP contribution >= 0.6 is 0 Å². The van der Waals surface area contributed by atoms with Gasteiger partial charge in [-0.1, -0.05) is 79.1 Å². The van der Waals surface area contributed by atoms with Crippen LogP contribution in [-0.4, -0.2) is 171 Å². The van der Waals surface area contributed by atoms with E-state index in [1.807, 2.05) is 87.4 Å². The van der Waals surface area contributed by atoms with Gasteiger partial charge in [0.05, 0.1) is 25.8 Å². The van der Waals surface area contributed by atoms with Crippen LogP contribution in [0, 0.1) is 11.3 Å². The van der Waals surface area contributed by atoms with Crippen LogP contribution in [0.5, 0.6) is 0 Å². The number of rotatable bonds is 19. The van der Waals surface area contributed by atoms with E-state index in [0.717, 1.165) is 49.3 Å². The van der Waals surface area contributed by atoms with Crippen molar-refractivity contribution in [1.82, 2.24) is 57.3 Å². The molecule has 0 radical (unpaired) electrons. The van der Waals surface area contributed by atoms with Crippen LogP contribution in [0.2, 0.25) is 0 Å². The number of unbranched alkanes of at least 4 members (excludes halogenated alkanes) is 1. The van der Waals surface area contributed by atoms with E-state index in [1.54, 1.807) is 25.4 Å². The molecule has 2 rings (SSSR count). The maximum Gasteiger partial charge on any atom is 0.242 e. The van der Waals surface area contributed by atoms with Crippen LogP contribution in [0.15, 0.2) is 79.4 Å². The number of benzene rings is 1. The molecule has 1 aromatic heterocycles. The molecule has 1 unspecified atom stereocenters. The van der Waals surface area contributed by atoms with Crippen molar-refractivity contribution in [2.24, 2.45) is 11.5 Å². The zero-order chi connectivity index (χ0) is 64.7. The number of primary amides is 1. The molecule has 0 aliphatic heterocycles. The first-order valence-corrected chi connectivity index (χ1v) is 25.3. The van der Waals surface area contributed by atoms with Crippen LogP contribution in [0.1, 0.15) is 129 Å². The highest BCUT2D eigenvalue weighted by atomic mass is 16.3. The van der Waals surface area contributed by atoms with Crippen molar-refractivity contribution in [1.29, 1.82) is 5.26 Å². The van der Waals surface area contributed by atoms with E-state index < -0.39 is 24.5 Å². The summed E-state index contributed by atoms with van der Waals surface area (Å²) in [6.07, 6.45) is 5.63. The van der Waals surface area contributed by atoms with Crippen LogP contribution in [0.25, 0.3) is 0 Å². The molecular weight excluding hydrogens is 1080 g/mol. The Hall–Kier alpha value is -8.28. The minimum Gasteiger partial charge on any atom is -0.403 e. The Labute approximate surface area is 504 Å². The lowest BCUT2D eigenvalue weighted by Crippen LogP contribution is -2.45. The average Bonchev–Trinajstić information content (AvgIpc) is 3.36. The van der Waals surface area contributed by atoms with Gasteiger partial charge in [-0.2, -0.15) is 5.26 Å². The molecule has 486 valence electrons. The molecule has 0 fully saturated rings. The largest absolute Gasteiger partial charge is 0.403 e. The number of nitriles is 1. The van der Waals surface area contributed by atoms with E-state index in [-0.39, 0.29) is 89.1 Å². The molecule has 0 spiro atoms. The predicted molar refractivity (Wildman–Crippen MR) is 338 cm³/mol. The van der Waals surface area contributed by atoms with Crippen molar-refractivity contribution < 1.29 is 58.2 Å². The fraction of sp³-hybridized carbons (Fsp3) is 0.552. The number of hydrogen-bond donors (Lipinski definition) is 12. The van der Waals surface area contributed by atoms with Gasteiger partial charge < -0.3 is 74.0 Å². The van der Waals surface area contributed by atoms with Crippen molar-refractivity contribution in [3.8, 4) is 6.07 Å². The number of nitrogens with two attached hydrogens (primary N) is 2. The first kappa shape index (κ1) is 101. The first-order chi connectivity index (χ1) is 37.6. The van der Waals surface area contributed by atoms with Crippen molar-refractivity contribution in [3.05, 3.63) is 90.5 Å². The molecule has 1 heterocycles. The summed E-state index contributed by atoms with van der Waals surface area (Å²) < 4.78 is 0. The lowest BCUT2D eigenvalue weighted by Gasteiger charge is -2.09. The van der Waals surface area contributed by atoms with E-state index in [0.29, 0.717) is 25.3 Å². The zero-order valence-corrected chi connectivity index (χ0v) is 51.1. The smallest absolute Gasteiger partial charge is 0.242 e. The number of pyridine rings is 1. The summed E-state index contributed by atoms with van der Waals surface area (Å²) in [5, 5.41) is 44.4. The lowest BCUT2D eigenvalue weighted by atomic mass is 10.2. The molecular formula is C58H112N14O12. The summed E-state index contributed by atoms with van der Waals surface area (Å²) in [6, 6.07) is 14.4. The van der Waals surface area contributed by atoms with E-state index in [9.17, 15) is 47.9 Å². The summed E-state index contributed by atoms with van der Waals surface area (Å²) in [7, 11) is 7.90. The van der Waals surface area contributed by atoms with E-state index in [4.69, 9.17) is 26.9 Å². The van der Waals surface area contributed by atoms with Crippen molar-refractivity contribution >= 4 is 58.9 Å². The molecule has 26 nitrogen and oxygen atoms in total. The number of Topliss-reactive ketones (excluding diaryl/α,β-unsaturated/α-hetero) is 1. The molecule has 9 amide bonds. The van der Waals surface area contributed by atoms with Crippen molar-refractivity contribution in [2.45, 2.75) is 137 Å². The Morgan fingerprint density at radius 2 is 0.952 bits per heavy atom. The number of ketones is 1. The van der Waals surface area contributed by atoms with Gasteiger partial charge in [0.2, 0.25) is 53.2 Å². The number of carbonyl (C=O) groups excluding carboxylic acids is 10.